The Labute approximate surface area is 205 Å². The zero-order valence-corrected chi connectivity index (χ0v) is 20.3. The number of nitrogens with one attached hydrogen (secondary N) is 1. The van der Waals surface area contributed by atoms with Crippen LogP contribution >= 0.6 is 23.2 Å². The van der Waals surface area contributed by atoms with Crippen molar-refractivity contribution < 1.29 is 9.53 Å². The number of ether oxygens (including phenoxy) is 1. The average molecular weight is 483 g/mol. The predicted octanol–water partition coefficient (Wildman–Crippen LogP) is 7.30. The van der Waals surface area contributed by atoms with Gasteiger partial charge in [-0.15, -0.1) is 0 Å². The fourth-order valence-corrected chi connectivity index (χ4v) is 4.56. The van der Waals surface area contributed by atoms with Crippen molar-refractivity contribution in [1.29, 1.82) is 0 Å². The number of piperidine rings is 1. The Morgan fingerprint density at radius 2 is 1.73 bits per heavy atom. The van der Waals surface area contributed by atoms with Crippen molar-refractivity contribution in [2.45, 2.75) is 32.7 Å². The van der Waals surface area contributed by atoms with Crippen LogP contribution in [0.15, 0.2) is 60.7 Å². The number of nitrogens with zero attached hydrogens (tertiary/aromatic N) is 1. The van der Waals surface area contributed by atoms with Gasteiger partial charge in [-0.3, -0.25) is 9.69 Å². The van der Waals surface area contributed by atoms with E-state index in [4.69, 9.17) is 27.9 Å². The minimum Gasteiger partial charge on any atom is -0.493 e. The van der Waals surface area contributed by atoms with Crippen LogP contribution in [0.2, 0.25) is 10.0 Å². The van der Waals surface area contributed by atoms with Gasteiger partial charge in [0.05, 0.1) is 16.7 Å². The van der Waals surface area contributed by atoms with E-state index in [-0.39, 0.29) is 5.91 Å². The van der Waals surface area contributed by atoms with E-state index in [0.29, 0.717) is 27.9 Å². The summed E-state index contributed by atoms with van der Waals surface area (Å²) in [6, 6.07) is 19.1. The third-order valence-electron chi connectivity index (χ3n) is 5.83. The number of rotatable bonds is 7. The molecule has 3 aromatic carbocycles. The lowest BCUT2D eigenvalue weighted by molar-refractivity contribution is 0.102. The van der Waals surface area contributed by atoms with Crippen molar-refractivity contribution in [1.82, 2.24) is 4.90 Å². The molecule has 0 atom stereocenters. The first-order chi connectivity index (χ1) is 16.0. The quantitative estimate of drug-likeness (QED) is 0.384. The van der Waals surface area contributed by atoms with Crippen LogP contribution in [0.4, 0.5) is 5.69 Å². The number of carbonyl (C=O) groups excluding carboxylic acids is 1. The topological polar surface area (TPSA) is 41.6 Å². The van der Waals surface area contributed by atoms with Gasteiger partial charge >= 0.3 is 0 Å². The minimum atomic E-state index is -0.214. The van der Waals surface area contributed by atoms with Crippen molar-refractivity contribution in [3.05, 3.63) is 81.8 Å². The van der Waals surface area contributed by atoms with Gasteiger partial charge in [0.15, 0.2) is 0 Å². The zero-order valence-electron chi connectivity index (χ0n) is 18.7. The summed E-state index contributed by atoms with van der Waals surface area (Å²) in [7, 11) is 0. The molecule has 0 saturated carbocycles. The number of halogens is 2. The second kappa shape index (κ2) is 11.1. The number of hydrogen-bond acceptors (Lipinski definition) is 3. The molecule has 0 radical (unpaired) electrons. The Balaban J connectivity index is 1.73. The van der Waals surface area contributed by atoms with Gasteiger partial charge in [-0.2, -0.15) is 0 Å². The summed E-state index contributed by atoms with van der Waals surface area (Å²) >= 11 is 12.1. The van der Waals surface area contributed by atoms with Crippen LogP contribution in [0, 0.1) is 0 Å². The maximum absolute atomic E-state index is 13.2. The fourth-order valence-electron chi connectivity index (χ4n) is 4.27. The maximum atomic E-state index is 13.2. The summed E-state index contributed by atoms with van der Waals surface area (Å²) in [4.78, 5) is 15.7. The normalized spacial score (nSPS) is 14.2. The van der Waals surface area contributed by atoms with E-state index in [2.05, 4.69) is 22.3 Å². The summed E-state index contributed by atoms with van der Waals surface area (Å²) in [5.74, 6) is 0.506. The van der Waals surface area contributed by atoms with Gasteiger partial charge < -0.3 is 10.1 Å². The molecule has 1 amide bonds. The third kappa shape index (κ3) is 5.89. The molecule has 1 saturated heterocycles. The van der Waals surface area contributed by atoms with Crippen molar-refractivity contribution in [3.63, 3.8) is 0 Å². The Morgan fingerprint density at radius 1 is 0.970 bits per heavy atom. The Hall–Kier alpha value is -2.53. The molecule has 1 N–H and O–H groups in total. The molecule has 4 rings (SSSR count). The summed E-state index contributed by atoms with van der Waals surface area (Å²) in [6.45, 7) is 5.39. The van der Waals surface area contributed by atoms with E-state index in [0.717, 1.165) is 42.1 Å². The predicted molar refractivity (Wildman–Crippen MR) is 137 cm³/mol. The second-order valence-electron chi connectivity index (χ2n) is 8.23. The third-order valence-corrected chi connectivity index (χ3v) is 6.57. The minimum absolute atomic E-state index is 0.214. The van der Waals surface area contributed by atoms with Crippen molar-refractivity contribution >= 4 is 34.8 Å². The molecule has 172 valence electrons. The molecule has 1 fully saturated rings. The van der Waals surface area contributed by atoms with Crippen LogP contribution in [-0.2, 0) is 6.54 Å². The Morgan fingerprint density at radius 3 is 2.42 bits per heavy atom. The molecule has 1 aliphatic rings. The summed E-state index contributed by atoms with van der Waals surface area (Å²) in [5.41, 5.74) is 4.38. The molecule has 6 heteroatoms. The van der Waals surface area contributed by atoms with E-state index in [1.165, 1.54) is 19.3 Å². The van der Waals surface area contributed by atoms with Crippen LogP contribution in [0.25, 0.3) is 11.1 Å². The molecule has 4 nitrogen and oxygen atoms in total. The Bertz CT molecular complexity index is 1110. The Kier molecular flexibility index (Phi) is 7.92. The lowest BCUT2D eigenvalue weighted by Gasteiger charge is -2.28. The summed E-state index contributed by atoms with van der Waals surface area (Å²) in [6.07, 6.45) is 3.69. The van der Waals surface area contributed by atoms with Crippen molar-refractivity contribution in [2.75, 3.05) is 25.0 Å². The van der Waals surface area contributed by atoms with Crippen LogP contribution in [0.5, 0.6) is 5.75 Å². The monoisotopic (exact) mass is 482 g/mol. The first-order valence-corrected chi connectivity index (χ1v) is 12.1. The van der Waals surface area contributed by atoms with E-state index < -0.39 is 0 Å². The molecule has 0 bridgehead atoms. The van der Waals surface area contributed by atoms with Gasteiger partial charge in [-0.05, 0) is 74.3 Å². The van der Waals surface area contributed by atoms with E-state index >= 15 is 0 Å². The molecule has 0 unspecified atom stereocenters. The highest BCUT2D eigenvalue weighted by Crippen LogP contribution is 2.36. The van der Waals surface area contributed by atoms with Crippen LogP contribution in [0.3, 0.4) is 0 Å². The van der Waals surface area contributed by atoms with E-state index in [1.54, 1.807) is 18.2 Å². The summed E-state index contributed by atoms with van der Waals surface area (Å²) in [5, 5.41) is 3.78. The molecule has 33 heavy (non-hydrogen) atoms. The van der Waals surface area contributed by atoms with Gasteiger partial charge in [-0.1, -0.05) is 60.0 Å². The molecule has 1 aliphatic heterocycles. The first kappa shape index (κ1) is 23.6. The SMILES string of the molecule is CCOc1cc(C(=O)Nc2ccc(Cl)c(Cl)c2)cc(CN2CCCCC2)c1-c1ccccc1. The zero-order chi connectivity index (χ0) is 23.2. The van der Waals surface area contributed by atoms with Gasteiger partial charge in [0.25, 0.3) is 5.91 Å². The van der Waals surface area contributed by atoms with E-state index in [9.17, 15) is 4.79 Å². The standard InChI is InChI=1S/C27H28Cl2N2O2/c1-2-33-25-16-20(27(32)30-22-11-12-23(28)24(29)17-22)15-21(18-31-13-7-4-8-14-31)26(25)19-9-5-3-6-10-19/h3,5-6,9-12,15-17H,2,4,7-8,13-14,18H2,1H3,(H,30,32). The smallest absolute Gasteiger partial charge is 0.255 e. The highest BCUT2D eigenvalue weighted by Gasteiger charge is 2.20. The molecule has 0 aromatic heterocycles. The maximum Gasteiger partial charge on any atom is 0.255 e. The van der Waals surface area contributed by atoms with Gasteiger partial charge in [0.2, 0.25) is 0 Å². The first-order valence-electron chi connectivity index (χ1n) is 11.4. The largest absolute Gasteiger partial charge is 0.493 e. The van der Waals surface area contributed by atoms with Gasteiger partial charge in [0, 0.05) is 23.4 Å². The van der Waals surface area contributed by atoms with Crippen LogP contribution in [0.1, 0.15) is 42.1 Å². The number of anilines is 1. The lowest BCUT2D eigenvalue weighted by atomic mass is 9.95. The highest BCUT2D eigenvalue weighted by molar-refractivity contribution is 6.42. The van der Waals surface area contributed by atoms with Crippen molar-refractivity contribution in [2.24, 2.45) is 0 Å². The number of likely N-dealkylation sites (tertiary alicyclic amines) is 1. The fraction of sp³-hybridized carbons (Fsp3) is 0.296. The molecular weight excluding hydrogens is 455 g/mol. The number of amides is 1. The summed E-state index contributed by atoms with van der Waals surface area (Å²) < 4.78 is 6.06. The number of carbonyl (C=O) groups is 1. The van der Waals surface area contributed by atoms with Crippen LogP contribution in [-0.4, -0.2) is 30.5 Å². The molecule has 3 aromatic rings. The number of benzene rings is 3. The molecule has 1 heterocycles. The van der Waals surface area contributed by atoms with Gasteiger partial charge in [-0.25, -0.2) is 0 Å². The molecule has 0 spiro atoms. The number of hydrogen-bond donors (Lipinski definition) is 1. The average Bonchev–Trinajstić information content (AvgIpc) is 2.83. The molecular formula is C27H28Cl2N2O2. The van der Waals surface area contributed by atoms with Crippen LogP contribution < -0.4 is 10.1 Å². The highest BCUT2D eigenvalue weighted by atomic mass is 35.5. The van der Waals surface area contributed by atoms with Gasteiger partial charge in [0.1, 0.15) is 5.75 Å². The lowest BCUT2D eigenvalue weighted by Crippen LogP contribution is -2.29. The van der Waals surface area contributed by atoms with Crippen molar-refractivity contribution in [3.8, 4) is 16.9 Å². The molecule has 0 aliphatic carbocycles. The second-order valence-corrected chi connectivity index (χ2v) is 9.04. The van der Waals surface area contributed by atoms with E-state index in [1.807, 2.05) is 37.3 Å².